The third-order valence-corrected chi connectivity index (χ3v) is 9.51. The molecule has 2 aromatic heterocycles. The van der Waals surface area contributed by atoms with Crippen LogP contribution in [0.4, 0.5) is 17.3 Å². The number of aromatic nitrogens is 3. The number of aliphatic carboxylic acids is 1. The summed E-state index contributed by atoms with van der Waals surface area (Å²) in [5, 5.41) is 17.3. The number of aryl methyl sites for hydroxylation is 1. The van der Waals surface area contributed by atoms with Crippen LogP contribution in [0, 0.1) is 6.92 Å². The number of anilines is 3. The molecule has 3 N–H and O–H groups in total. The van der Waals surface area contributed by atoms with Crippen LogP contribution in [0.25, 0.3) is 22.0 Å². The summed E-state index contributed by atoms with van der Waals surface area (Å²) >= 11 is 0. The molecule has 0 bridgehead atoms. The van der Waals surface area contributed by atoms with Gasteiger partial charge in [0.25, 0.3) is 5.91 Å². The highest BCUT2D eigenvalue weighted by molar-refractivity contribution is 6.04. The van der Waals surface area contributed by atoms with Gasteiger partial charge in [-0.05, 0) is 103 Å². The Bertz CT molecular complexity index is 2200. The number of ether oxygens (including phenoxy) is 1. The lowest BCUT2D eigenvalue weighted by Crippen LogP contribution is -2.43. The van der Waals surface area contributed by atoms with Crippen molar-refractivity contribution in [1.82, 2.24) is 24.8 Å². The fourth-order valence-corrected chi connectivity index (χ4v) is 6.06. The van der Waals surface area contributed by atoms with E-state index in [1.807, 2.05) is 104 Å². The maximum absolute atomic E-state index is 12.9. The van der Waals surface area contributed by atoms with Gasteiger partial charge >= 0.3 is 5.97 Å². The van der Waals surface area contributed by atoms with E-state index in [9.17, 15) is 9.59 Å². The molecule has 1 aliphatic heterocycles. The number of amides is 1. The molecular weight excluding hydrogens is 679 g/mol. The third kappa shape index (κ3) is 9.82. The van der Waals surface area contributed by atoms with Gasteiger partial charge in [-0.3, -0.25) is 19.5 Å². The van der Waals surface area contributed by atoms with Gasteiger partial charge in [0.15, 0.2) is 0 Å². The van der Waals surface area contributed by atoms with Crippen LogP contribution in [0.2, 0.25) is 0 Å². The zero-order valence-electron chi connectivity index (χ0n) is 31.0. The number of benzene rings is 4. The van der Waals surface area contributed by atoms with Crippen LogP contribution in [-0.2, 0) is 11.3 Å². The molecule has 0 radical (unpaired) electrons. The van der Waals surface area contributed by atoms with E-state index in [1.54, 1.807) is 32.6 Å². The van der Waals surface area contributed by atoms with Crippen molar-refractivity contribution in [3.05, 3.63) is 138 Å². The minimum absolute atomic E-state index is 0.143. The predicted octanol–water partition coefficient (Wildman–Crippen LogP) is 7.63. The summed E-state index contributed by atoms with van der Waals surface area (Å²) in [7, 11) is 3.79. The van der Waals surface area contributed by atoms with Crippen molar-refractivity contribution < 1.29 is 19.4 Å². The van der Waals surface area contributed by atoms with Crippen molar-refractivity contribution in [2.45, 2.75) is 26.3 Å². The Morgan fingerprint density at radius 1 is 0.889 bits per heavy atom. The number of rotatable bonds is 10. The summed E-state index contributed by atoms with van der Waals surface area (Å²) in [6, 6.07) is 30.7. The topological polar surface area (TPSA) is 133 Å². The van der Waals surface area contributed by atoms with Crippen LogP contribution in [-0.4, -0.2) is 82.1 Å². The Labute approximate surface area is 315 Å². The zero-order valence-corrected chi connectivity index (χ0v) is 31.0. The Balaban J connectivity index is 0.000000244. The first kappa shape index (κ1) is 37.6. The molecule has 4 aromatic carbocycles. The van der Waals surface area contributed by atoms with E-state index < -0.39 is 11.9 Å². The molecular formula is C43H45N7O4. The highest BCUT2D eigenvalue weighted by Crippen LogP contribution is 2.26. The number of nitrogens with zero attached hydrogens (tertiary/aromatic N) is 5. The highest BCUT2D eigenvalue weighted by Gasteiger charge is 2.16. The first-order chi connectivity index (χ1) is 26.1. The van der Waals surface area contributed by atoms with E-state index in [1.165, 1.54) is 5.56 Å². The van der Waals surface area contributed by atoms with Crippen LogP contribution < -0.4 is 15.4 Å². The Morgan fingerprint density at radius 3 is 2.37 bits per heavy atom. The molecule has 54 heavy (non-hydrogen) atoms. The summed E-state index contributed by atoms with van der Waals surface area (Å²) < 4.78 is 5.14. The first-order valence-electron chi connectivity index (χ1n) is 17.9. The van der Waals surface area contributed by atoms with Crippen LogP contribution in [0.5, 0.6) is 5.75 Å². The van der Waals surface area contributed by atoms with E-state index in [4.69, 9.17) is 9.84 Å². The van der Waals surface area contributed by atoms with E-state index in [2.05, 4.69) is 42.4 Å². The Kier molecular flexibility index (Phi) is 12.2. The quantitative estimate of drug-likeness (QED) is 0.130. The molecule has 11 nitrogen and oxygen atoms in total. The van der Waals surface area contributed by atoms with Gasteiger partial charge in [-0.1, -0.05) is 42.5 Å². The lowest BCUT2D eigenvalue weighted by Gasteiger charge is -2.32. The third-order valence-electron chi connectivity index (χ3n) is 9.51. The molecule has 6 aromatic rings. The first-order valence-corrected chi connectivity index (χ1v) is 17.9. The smallest absolute Gasteiger partial charge is 0.310 e. The summed E-state index contributed by atoms with van der Waals surface area (Å²) in [4.78, 5) is 41.8. The van der Waals surface area contributed by atoms with Gasteiger partial charge in [0.05, 0.1) is 18.7 Å². The average molecular weight is 724 g/mol. The second kappa shape index (κ2) is 17.6. The summed E-state index contributed by atoms with van der Waals surface area (Å²) in [5.74, 6) is -0.157. The molecule has 0 unspecified atom stereocenters. The molecule has 7 rings (SSSR count). The fraction of sp³-hybridized carbons (Fsp3) is 0.233. The summed E-state index contributed by atoms with van der Waals surface area (Å²) in [5.41, 5.74) is 6.90. The number of hydrogen-bond acceptors (Lipinski definition) is 9. The Morgan fingerprint density at radius 2 is 1.65 bits per heavy atom. The number of fused-ring (bicyclic) bond motifs is 1. The number of carbonyl (C=O) groups excluding carboxylic acids is 1. The van der Waals surface area contributed by atoms with Gasteiger partial charge in [-0.25, -0.2) is 9.97 Å². The molecule has 0 saturated carbocycles. The van der Waals surface area contributed by atoms with Gasteiger partial charge in [0.2, 0.25) is 5.95 Å². The number of nitrogens with one attached hydrogen (secondary N) is 2. The van der Waals surface area contributed by atoms with Crippen LogP contribution >= 0.6 is 0 Å². The zero-order chi connectivity index (χ0) is 38.0. The number of hydrogen-bond donors (Lipinski definition) is 3. The van der Waals surface area contributed by atoms with Gasteiger partial charge < -0.3 is 25.4 Å². The molecule has 0 aliphatic carbocycles. The molecule has 1 atom stereocenters. The van der Waals surface area contributed by atoms with Gasteiger partial charge in [-0.15, -0.1) is 0 Å². The number of carboxylic acids is 1. The van der Waals surface area contributed by atoms with Crippen LogP contribution in [0.15, 0.2) is 116 Å². The predicted molar refractivity (Wildman–Crippen MR) is 213 cm³/mol. The highest BCUT2D eigenvalue weighted by atomic mass is 16.5. The van der Waals surface area contributed by atoms with Gasteiger partial charge in [0, 0.05) is 73.8 Å². The molecule has 0 spiro atoms. The molecule has 1 saturated heterocycles. The second-order valence-electron chi connectivity index (χ2n) is 13.4. The standard InChI is InChI=1S/C29H31N7O.C14H14O3/c1-21-5-10-25(18-27(21)34-29-31-13-11-26(33-29)24-4-3-12-30-19-24)32-28(37)23-8-6-22(7-9-23)20-36-16-14-35(2)15-17-36;1-9(14(15)16)10-3-4-12-8-13(17-2)6-5-11(12)7-10/h3-13,18-19H,14-17,20H2,1-2H3,(H,32,37)(H,31,33,34);3-9H,1-2H3,(H,15,16)/t;9-/m.0/s1. The molecule has 1 amide bonds. The van der Waals surface area contributed by atoms with E-state index >= 15 is 0 Å². The largest absolute Gasteiger partial charge is 0.497 e. The van der Waals surface area contributed by atoms with E-state index in [0.29, 0.717) is 17.2 Å². The summed E-state index contributed by atoms with van der Waals surface area (Å²) in [6.45, 7) is 8.92. The number of likely N-dealkylation sites (N-methyl/N-ethyl adjacent to an activating group) is 1. The lowest BCUT2D eigenvalue weighted by molar-refractivity contribution is -0.138. The van der Waals surface area contributed by atoms with Crippen molar-refractivity contribution in [1.29, 1.82) is 0 Å². The minimum Gasteiger partial charge on any atom is -0.497 e. The van der Waals surface area contributed by atoms with Crippen molar-refractivity contribution in [3.63, 3.8) is 0 Å². The fourth-order valence-electron chi connectivity index (χ4n) is 6.06. The molecule has 3 heterocycles. The number of carboxylic acid groups (broad SMARTS) is 1. The van der Waals surface area contributed by atoms with E-state index in [-0.39, 0.29) is 5.91 Å². The maximum Gasteiger partial charge on any atom is 0.310 e. The van der Waals surface area contributed by atoms with Gasteiger partial charge in [0.1, 0.15) is 5.75 Å². The van der Waals surface area contributed by atoms with Crippen molar-refractivity contribution in [2.75, 3.05) is 51.0 Å². The maximum atomic E-state index is 12.9. The van der Waals surface area contributed by atoms with E-state index in [0.717, 1.165) is 77.3 Å². The minimum atomic E-state index is -0.808. The molecule has 276 valence electrons. The average Bonchev–Trinajstić information content (AvgIpc) is 3.20. The molecule has 1 aliphatic rings. The van der Waals surface area contributed by atoms with Crippen LogP contribution in [0.1, 0.15) is 39.9 Å². The normalized spacial score (nSPS) is 13.7. The number of carbonyl (C=O) groups is 2. The number of pyridine rings is 1. The number of methoxy groups -OCH3 is 1. The lowest BCUT2D eigenvalue weighted by atomic mass is 9.98. The SMILES string of the molecule is COc1ccc2cc([C@H](C)C(=O)O)ccc2c1.Cc1ccc(NC(=O)c2ccc(CN3CCN(C)CC3)cc2)cc1Nc1nccc(-c2cccnc2)n1. The Hall–Kier alpha value is -6.17. The van der Waals surface area contributed by atoms with Gasteiger partial charge in [-0.2, -0.15) is 0 Å². The van der Waals surface area contributed by atoms with Crippen molar-refractivity contribution >= 4 is 40.0 Å². The molecule has 1 fully saturated rings. The van der Waals surface area contributed by atoms with Crippen molar-refractivity contribution in [3.8, 4) is 17.0 Å². The van der Waals surface area contributed by atoms with Crippen molar-refractivity contribution in [2.24, 2.45) is 0 Å². The monoisotopic (exact) mass is 723 g/mol. The second-order valence-corrected chi connectivity index (χ2v) is 13.4. The van der Waals surface area contributed by atoms with Crippen LogP contribution in [0.3, 0.4) is 0 Å². The summed E-state index contributed by atoms with van der Waals surface area (Å²) in [6.07, 6.45) is 5.22. The number of piperazine rings is 1. The molecule has 11 heteroatoms.